The number of rotatable bonds is 5. The van der Waals surface area contributed by atoms with Crippen molar-refractivity contribution < 1.29 is 12.8 Å². The monoisotopic (exact) mass is 341 g/mol. The van der Waals surface area contributed by atoms with E-state index < -0.39 is 15.8 Å². The van der Waals surface area contributed by atoms with Gasteiger partial charge in [0.25, 0.3) is 10.0 Å². The molecule has 0 saturated heterocycles. The van der Waals surface area contributed by atoms with E-state index in [0.717, 1.165) is 24.1 Å². The van der Waals surface area contributed by atoms with E-state index in [-0.39, 0.29) is 15.8 Å². The minimum absolute atomic E-state index is 0.0714. The average Bonchev–Trinajstić information content (AvgIpc) is 2.49. The van der Waals surface area contributed by atoms with Gasteiger partial charge in [0.15, 0.2) is 0 Å². The van der Waals surface area contributed by atoms with Crippen LogP contribution in [0, 0.1) is 5.82 Å². The van der Waals surface area contributed by atoms with E-state index in [1.807, 2.05) is 26.0 Å². The van der Waals surface area contributed by atoms with E-state index in [1.54, 1.807) is 12.1 Å². The number of hydrogen-bond acceptors (Lipinski definition) is 2. The highest BCUT2D eigenvalue weighted by molar-refractivity contribution is 7.92. The van der Waals surface area contributed by atoms with Crippen LogP contribution in [-0.2, 0) is 10.0 Å². The summed E-state index contributed by atoms with van der Waals surface area (Å²) in [5.41, 5.74) is 1.44. The number of para-hydroxylation sites is 1. The third kappa shape index (κ3) is 3.59. The molecule has 6 heteroatoms. The molecule has 2 aromatic rings. The summed E-state index contributed by atoms with van der Waals surface area (Å²) < 4.78 is 40.6. The quantitative estimate of drug-likeness (QED) is 0.849. The van der Waals surface area contributed by atoms with Gasteiger partial charge >= 0.3 is 0 Å². The zero-order valence-corrected chi connectivity index (χ0v) is 13.9. The number of hydrogen-bond donors (Lipinski definition) is 1. The minimum Gasteiger partial charge on any atom is -0.279 e. The maximum absolute atomic E-state index is 13.2. The molecule has 118 valence electrons. The second-order valence-corrected chi connectivity index (χ2v) is 7.17. The minimum atomic E-state index is -3.82. The molecule has 1 N–H and O–H groups in total. The second-order valence-electron chi connectivity index (χ2n) is 5.08. The van der Waals surface area contributed by atoms with Crippen molar-refractivity contribution in [1.29, 1.82) is 0 Å². The van der Waals surface area contributed by atoms with Crippen LogP contribution in [0.1, 0.15) is 31.7 Å². The summed E-state index contributed by atoms with van der Waals surface area (Å²) in [6.07, 6.45) is 0.890. The molecule has 0 heterocycles. The Bertz CT molecular complexity index is 777. The number of nitrogens with one attached hydrogen (secondary N) is 1. The summed E-state index contributed by atoms with van der Waals surface area (Å²) in [5, 5.41) is -0.224. The SMILES string of the molecule is CC[C@@H](C)c1ccccc1NS(=O)(=O)c1ccc(F)c(Cl)c1. The van der Waals surface area contributed by atoms with Gasteiger partial charge in [0.2, 0.25) is 0 Å². The van der Waals surface area contributed by atoms with Gasteiger partial charge in [0.1, 0.15) is 5.82 Å². The fraction of sp³-hybridized carbons (Fsp3) is 0.250. The van der Waals surface area contributed by atoms with Crippen molar-refractivity contribution in [3.63, 3.8) is 0 Å². The lowest BCUT2D eigenvalue weighted by atomic mass is 9.97. The zero-order valence-electron chi connectivity index (χ0n) is 12.3. The standard InChI is InChI=1S/C16H17ClFNO2S/c1-3-11(2)13-6-4-5-7-16(13)19-22(20,21)12-8-9-15(18)14(17)10-12/h4-11,19H,3H2,1-2H3/t11-/m1/s1. The summed E-state index contributed by atoms with van der Waals surface area (Å²) in [6, 6.07) is 10.6. The molecule has 0 aliphatic carbocycles. The van der Waals surface area contributed by atoms with E-state index in [2.05, 4.69) is 4.72 Å². The first kappa shape index (κ1) is 16.8. The average molecular weight is 342 g/mol. The molecule has 2 rings (SSSR count). The second kappa shape index (κ2) is 6.67. The Labute approximate surface area is 135 Å². The summed E-state index contributed by atoms with van der Waals surface area (Å²) in [7, 11) is -3.82. The molecular formula is C16H17ClFNO2S. The predicted octanol–water partition coefficient (Wildman–Crippen LogP) is 4.79. The highest BCUT2D eigenvalue weighted by Crippen LogP contribution is 2.29. The van der Waals surface area contributed by atoms with E-state index in [9.17, 15) is 12.8 Å². The predicted molar refractivity (Wildman–Crippen MR) is 87.4 cm³/mol. The number of sulfonamides is 1. The molecule has 0 aromatic heterocycles. The number of halogens is 2. The highest BCUT2D eigenvalue weighted by atomic mass is 35.5. The smallest absolute Gasteiger partial charge is 0.261 e. The summed E-state index contributed by atoms with van der Waals surface area (Å²) in [6.45, 7) is 4.07. The van der Waals surface area contributed by atoms with Crippen LogP contribution in [0.25, 0.3) is 0 Å². The van der Waals surface area contributed by atoms with Gasteiger partial charge in [-0.2, -0.15) is 0 Å². The van der Waals surface area contributed by atoms with Crippen LogP contribution in [0.3, 0.4) is 0 Å². The molecule has 0 saturated carbocycles. The van der Waals surface area contributed by atoms with Gasteiger partial charge in [-0.25, -0.2) is 12.8 Å². The van der Waals surface area contributed by atoms with Gasteiger partial charge in [0.05, 0.1) is 15.6 Å². The Morgan fingerprint density at radius 1 is 1.23 bits per heavy atom. The van der Waals surface area contributed by atoms with Crippen LogP contribution < -0.4 is 4.72 Å². The fourth-order valence-corrected chi connectivity index (χ4v) is 3.45. The molecule has 2 aromatic carbocycles. The van der Waals surface area contributed by atoms with Gasteiger partial charge < -0.3 is 0 Å². The topological polar surface area (TPSA) is 46.2 Å². The van der Waals surface area contributed by atoms with E-state index in [1.165, 1.54) is 6.07 Å². The molecule has 0 aliphatic rings. The van der Waals surface area contributed by atoms with Crippen LogP contribution in [0.5, 0.6) is 0 Å². The van der Waals surface area contributed by atoms with Crippen LogP contribution >= 0.6 is 11.6 Å². The van der Waals surface area contributed by atoms with Crippen molar-refractivity contribution >= 4 is 27.3 Å². The first-order chi connectivity index (χ1) is 10.3. The molecule has 0 aliphatic heterocycles. The van der Waals surface area contributed by atoms with E-state index >= 15 is 0 Å². The molecular weight excluding hydrogens is 325 g/mol. The first-order valence-corrected chi connectivity index (χ1v) is 8.78. The molecule has 3 nitrogen and oxygen atoms in total. The van der Waals surface area contributed by atoms with Crippen LogP contribution in [0.15, 0.2) is 47.4 Å². The molecule has 0 bridgehead atoms. The van der Waals surface area contributed by atoms with Gasteiger partial charge in [-0.3, -0.25) is 4.72 Å². The summed E-state index contributed by atoms with van der Waals surface area (Å²) in [4.78, 5) is -0.0714. The maximum atomic E-state index is 13.2. The zero-order chi connectivity index (χ0) is 16.3. The Hall–Kier alpha value is -1.59. The fourth-order valence-electron chi connectivity index (χ4n) is 2.09. The molecule has 0 spiro atoms. The molecule has 22 heavy (non-hydrogen) atoms. The van der Waals surface area contributed by atoms with E-state index in [0.29, 0.717) is 5.69 Å². The van der Waals surface area contributed by atoms with Crippen LogP contribution in [-0.4, -0.2) is 8.42 Å². The first-order valence-electron chi connectivity index (χ1n) is 6.92. The maximum Gasteiger partial charge on any atom is 0.261 e. The van der Waals surface area contributed by atoms with Gasteiger partial charge in [-0.05, 0) is 42.2 Å². The third-order valence-electron chi connectivity index (χ3n) is 3.55. The summed E-state index contributed by atoms with van der Waals surface area (Å²) >= 11 is 5.66. The summed E-state index contributed by atoms with van der Waals surface area (Å²) in [5.74, 6) is -0.434. The Kier molecular flexibility index (Phi) is 5.08. The lowest BCUT2D eigenvalue weighted by Crippen LogP contribution is -2.15. The van der Waals surface area contributed by atoms with Gasteiger partial charge in [-0.1, -0.05) is 43.6 Å². The van der Waals surface area contributed by atoms with Crippen LogP contribution in [0.2, 0.25) is 5.02 Å². The largest absolute Gasteiger partial charge is 0.279 e. The molecule has 0 radical (unpaired) electrons. The van der Waals surface area contributed by atoms with Gasteiger partial charge in [0, 0.05) is 0 Å². The van der Waals surface area contributed by atoms with Crippen molar-refractivity contribution in [2.75, 3.05) is 4.72 Å². The molecule has 1 atom stereocenters. The highest BCUT2D eigenvalue weighted by Gasteiger charge is 2.18. The van der Waals surface area contributed by atoms with Crippen molar-refractivity contribution in [1.82, 2.24) is 0 Å². The Morgan fingerprint density at radius 2 is 1.91 bits per heavy atom. The molecule has 0 amide bonds. The van der Waals surface area contributed by atoms with Crippen molar-refractivity contribution in [3.8, 4) is 0 Å². The van der Waals surface area contributed by atoms with Crippen molar-refractivity contribution in [2.45, 2.75) is 31.1 Å². The van der Waals surface area contributed by atoms with E-state index in [4.69, 9.17) is 11.6 Å². The lowest BCUT2D eigenvalue weighted by molar-refractivity contribution is 0.599. The normalized spacial score (nSPS) is 12.9. The Morgan fingerprint density at radius 3 is 2.55 bits per heavy atom. The third-order valence-corrected chi connectivity index (χ3v) is 5.20. The molecule has 0 fully saturated rings. The molecule has 0 unspecified atom stereocenters. The van der Waals surface area contributed by atoms with Crippen molar-refractivity contribution in [3.05, 3.63) is 58.9 Å². The lowest BCUT2D eigenvalue weighted by Gasteiger charge is -2.16. The Balaban J connectivity index is 2.39. The van der Waals surface area contributed by atoms with Crippen molar-refractivity contribution in [2.24, 2.45) is 0 Å². The number of benzene rings is 2. The van der Waals surface area contributed by atoms with Gasteiger partial charge in [-0.15, -0.1) is 0 Å². The number of anilines is 1. The van der Waals surface area contributed by atoms with Crippen LogP contribution in [0.4, 0.5) is 10.1 Å².